The first-order chi connectivity index (χ1) is 12.6. The van der Waals surface area contributed by atoms with E-state index in [4.69, 9.17) is 20.6 Å². The molecule has 0 N–H and O–H groups in total. The van der Waals surface area contributed by atoms with Crippen molar-refractivity contribution in [1.29, 1.82) is 0 Å². The molecule has 0 saturated carbocycles. The van der Waals surface area contributed by atoms with Gasteiger partial charge in [0.25, 0.3) is 0 Å². The van der Waals surface area contributed by atoms with E-state index >= 15 is 0 Å². The van der Waals surface area contributed by atoms with Crippen LogP contribution in [0.3, 0.4) is 0 Å². The van der Waals surface area contributed by atoms with Crippen LogP contribution in [-0.4, -0.2) is 19.9 Å². The highest BCUT2D eigenvalue weighted by atomic mass is 35.5. The van der Waals surface area contributed by atoms with Crippen LogP contribution in [0.1, 0.15) is 11.5 Å². The number of aromatic nitrogens is 4. The Balaban J connectivity index is 1.67. The summed E-state index contributed by atoms with van der Waals surface area (Å²) in [4.78, 5) is 16.4. The smallest absolute Gasteiger partial charge is 0.337 e. The van der Waals surface area contributed by atoms with E-state index in [1.165, 1.54) is 4.57 Å². The quantitative estimate of drug-likeness (QED) is 0.547. The molecule has 26 heavy (non-hydrogen) atoms. The van der Waals surface area contributed by atoms with Gasteiger partial charge >= 0.3 is 5.76 Å². The van der Waals surface area contributed by atoms with Crippen molar-refractivity contribution in [2.45, 2.75) is 13.5 Å². The number of rotatable bonds is 4. The number of hydrogen-bond acceptors (Lipinski definition) is 6. The fourth-order valence-corrected chi connectivity index (χ4v) is 2.72. The van der Waals surface area contributed by atoms with Crippen molar-refractivity contribution in [3.63, 3.8) is 0 Å². The molecule has 4 aromatic rings. The Labute approximate surface area is 152 Å². The summed E-state index contributed by atoms with van der Waals surface area (Å²) in [5, 5.41) is 8.46. The molecule has 0 aliphatic heterocycles. The van der Waals surface area contributed by atoms with E-state index in [9.17, 15) is 4.79 Å². The van der Waals surface area contributed by atoms with Gasteiger partial charge in [-0.15, -0.1) is 0 Å². The molecule has 0 saturated heterocycles. The Morgan fingerprint density at radius 2 is 1.81 bits per heavy atom. The van der Waals surface area contributed by atoms with E-state index in [0.717, 1.165) is 16.7 Å². The Morgan fingerprint density at radius 1 is 1.04 bits per heavy atom. The zero-order chi connectivity index (χ0) is 18.1. The molecule has 0 fully saturated rings. The molecule has 0 unspecified atom stereocenters. The number of halogens is 1. The monoisotopic (exact) mass is 368 g/mol. The maximum absolute atomic E-state index is 12.1. The van der Waals surface area contributed by atoms with E-state index in [2.05, 4.69) is 15.3 Å². The van der Waals surface area contributed by atoms with Gasteiger partial charge in [-0.1, -0.05) is 46.2 Å². The topological polar surface area (TPSA) is 87.0 Å². The predicted molar refractivity (Wildman–Crippen MR) is 94.8 cm³/mol. The molecule has 2 aromatic carbocycles. The summed E-state index contributed by atoms with van der Waals surface area (Å²) in [6.45, 7) is 2.00. The number of nitrogens with zero attached hydrogens (tertiary/aromatic N) is 4. The molecule has 0 radical (unpaired) electrons. The first kappa shape index (κ1) is 16.3. The van der Waals surface area contributed by atoms with Crippen LogP contribution >= 0.6 is 11.6 Å². The van der Waals surface area contributed by atoms with Crippen LogP contribution < -0.4 is 5.76 Å². The second-order valence-corrected chi connectivity index (χ2v) is 6.13. The Kier molecular flexibility index (Phi) is 4.14. The number of hydrogen-bond donors (Lipinski definition) is 0. The first-order valence-electron chi connectivity index (χ1n) is 7.83. The Morgan fingerprint density at radius 3 is 2.58 bits per heavy atom. The van der Waals surface area contributed by atoms with Gasteiger partial charge in [0, 0.05) is 16.1 Å². The Bertz CT molecular complexity index is 1110. The fourth-order valence-electron chi connectivity index (χ4n) is 2.60. The van der Waals surface area contributed by atoms with Crippen LogP contribution in [0.5, 0.6) is 0 Å². The van der Waals surface area contributed by atoms with Crippen molar-refractivity contribution < 1.29 is 9.05 Å². The third-order valence-corrected chi connectivity index (χ3v) is 4.19. The molecular formula is C18H13ClN4O3. The summed E-state index contributed by atoms with van der Waals surface area (Å²) in [5.74, 6) is 0.516. The first-order valence-corrected chi connectivity index (χ1v) is 8.20. The van der Waals surface area contributed by atoms with Crippen LogP contribution in [0.25, 0.3) is 22.8 Å². The second-order valence-electron chi connectivity index (χ2n) is 5.69. The SMILES string of the molecule is Cc1ccccc1-c1noc(=O)n1Cc1nc(-c2ccc(Cl)cc2)no1. The van der Waals surface area contributed by atoms with Crippen molar-refractivity contribution in [2.75, 3.05) is 0 Å². The molecule has 0 bridgehead atoms. The van der Waals surface area contributed by atoms with Crippen molar-refractivity contribution in [3.8, 4) is 22.8 Å². The van der Waals surface area contributed by atoms with Crippen molar-refractivity contribution >= 4 is 11.6 Å². The summed E-state index contributed by atoms with van der Waals surface area (Å²) in [6.07, 6.45) is 0. The molecule has 0 atom stereocenters. The van der Waals surface area contributed by atoms with Crippen molar-refractivity contribution in [1.82, 2.24) is 19.9 Å². The summed E-state index contributed by atoms with van der Waals surface area (Å²) in [5.41, 5.74) is 2.54. The average molecular weight is 369 g/mol. The van der Waals surface area contributed by atoms with Gasteiger partial charge in [0.1, 0.15) is 6.54 Å². The largest absolute Gasteiger partial charge is 0.442 e. The maximum Gasteiger partial charge on any atom is 0.442 e. The van der Waals surface area contributed by atoms with E-state index in [1.807, 2.05) is 31.2 Å². The molecular weight excluding hydrogens is 356 g/mol. The van der Waals surface area contributed by atoms with Crippen LogP contribution in [-0.2, 0) is 6.54 Å². The minimum absolute atomic E-state index is 0.0621. The van der Waals surface area contributed by atoms with E-state index < -0.39 is 5.76 Å². The van der Waals surface area contributed by atoms with Gasteiger partial charge in [-0.3, -0.25) is 4.52 Å². The maximum atomic E-state index is 12.1. The molecule has 0 aliphatic carbocycles. The minimum Gasteiger partial charge on any atom is -0.337 e. The van der Waals surface area contributed by atoms with Crippen LogP contribution in [0.4, 0.5) is 0 Å². The highest BCUT2D eigenvalue weighted by molar-refractivity contribution is 6.30. The van der Waals surface area contributed by atoms with E-state index in [-0.39, 0.29) is 12.4 Å². The summed E-state index contributed by atoms with van der Waals surface area (Å²) < 4.78 is 11.5. The lowest BCUT2D eigenvalue weighted by atomic mass is 10.1. The standard InChI is InChI=1S/C18H13ClN4O3/c1-11-4-2-3-5-14(11)17-22-26-18(24)23(17)10-15-20-16(21-25-15)12-6-8-13(19)9-7-12/h2-9H,10H2,1H3. The molecule has 0 amide bonds. The predicted octanol–water partition coefficient (Wildman–Crippen LogP) is 3.56. The van der Waals surface area contributed by atoms with Crippen LogP contribution in [0.2, 0.25) is 5.02 Å². The summed E-state index contributed by atoms with van der Waals surface area (Å²) >= 11 is 5.89. The molecule has 8 heteroatoms. The highest BCUT2D eigenvalue weighted by Crippen LogP contribution is 2.22. The van der Waals surface area contributed by atoms with Crippen LogP contribution in [0, 0.1) is 6.92 Å². The van der Waals surface area contributed by atoms with E-state index in [0.29, 0.717) is 16.7 Å². The molecule has 0 spiro atoms. The number of aryl methyl sites for hydroxylation is 1. The lowest BCUT2D eigenvalue weighted by molar-refractivity contribution is 0.354. The lowest BCUT2D eigenvalue weighted by Gasteiger charge is -2.04. The van der Waals surface area contributed by atoms with Crippen molar-refractivity contribution in [2.24, 2.45) is 0 Å². The zero-order valence-corrected chi connectivity index (χ0v) is 14.5. The number of benzene rings is 2. The summed E-state index contributed by atoms with van der Waals surface area (Å²) in [6, 6.07) is 14.7. The molecule has 2 aromatic heterocycles. The van der Waals surface area contributed by atoms with Gasteiger partial charge < -0.3 is 4.52 Å². The van der Waals surface area contributed by atoms with Gasteiger partial charge in [0.05, 0.1) is 0 Å². The normalized spacial score (nSPS) is 11.0. The molecule has 2 heterocycles. The molecule has 4 rings (SSSR count). The van der Waals surface area contributed by atoms with E-state index in [1.54, 1.807) is 24.3 Å². The average Bonchev–Trinajstić information content (AvgIpc) is 3.24. The third kappa shape index (κ3) is 3.04. The summed E-state index contributed by atoms with van der Waals surface area (Å²) in [7, 11) is 0. The molecule has 130 valence electrons. The van der Waals surface area contributed by atoms with Crippen LogP contribution in [0.15, 0.2) is 62.4 Å². The van der Waals surface area contributed by atoms with Gasteiger partial charge in [0.15, 0.2) is 5.82 Å². The minimum atomic E-state index is -0.588. The van der Waals surface area contributed by atoms with Gasteiger partial charge in [0.2, 0.25) is 11.7 Å². The molecule has 7 nitrogen and oxygen atoms in total. The second kappa shape index (κ2) is 6.61. The van der Waals surface area contributed by atoms with Gasteiger partial charge in [-0.05, 0) is 36.8 Å². The fraction of sp³-hybridized carbons (Fsp3) is 0.111. The lowest BCUT2D eigenvalue weighted by Crippen LogP contribution is -2.16. The highest BCUT2D eigenvalue weighted by Gasteiger charge is 2.18. The third-order valence-electron chi connectivity index (χ3n) is 3.94. The van der Waals surface area contributed by atoms with Gasteiger partial charge in [-0.25, -0.2) is 9.36 Å². The van der Waals surface area contributed by atoms with Crippen molar-refractivity contribution in [3.05, 3.63) is 75.6 Å². The van der Waals surface area contributed by atoms with Gasteiger partial charge in [-0.2, -0.15) is 4.98 Å². The Hall–Kier alpha value is -3.19. The molecule has 0 aliphatic rings. The zero-order valence-electron chi connectivity index (χ0n) is 13.7.